The van der Waals surface area contributed by atoms with Gasteiger partial charge in [-0.1, -0.05) is 66.7 Å². The molecule has 11 heteroatoms. The molecule has 2 aromatic heterocycles. The summed E-state index contributed by atoms with van der Waals surface area (Å²) < 4.78 is 81.6. The van der Waals surface area contributed by atoms with E-state index < -0.39 is 23.5 Å². The van der Waals surface area contributed by atoms with Crippen molar-refractivity contribution in [1.29, 1.82) is 10.5 Å². The Balaban J connectivity index is 1.34. The molecule has 5 nitrogen and oxygen atoms in total. The number of nitrogens with zero attached hydrogens (tertiary/aromatic N) is 5. The highest BCUT2D eigenvalue weighted by atomic mass is 19.4. The molecule has 0 unspecified atom stereocenters. The van der Waals surface area contributed by atoms with E-state index in [0.29, 0.717) is 73.4 Å². The van der Waals surface area contributed by atoms with E-state index in [9.17, 15) is 36.9 Å². The Morgan fingerprint density at radius 2 is 0.907 bits per heavy atom. The average Bonchev–Trinajstić information content (AvgIpc) is 3.19. The predicted octanol–water partition coefficient (Wildman–Crippen LogP) is 11.8. The molecule has 0 saturated heterocycles. The highest BCUT2D eigenvalue weighted by Gasteiger charge is 2.37. The number of aromatic nitrogens is 3. The lowest BCUT2D eigenvalue weighted by molar-refractivity contribution is -0.143. The summed E-state index contributed by atoms with van der Waals surface area (Å²) >= 11 is 0. The molecule has 8 aromatic rings. The van der Waals surface area contributed by atoms with E-state index in [4.69, 9.17) is 15.0 Å². The molecule has 0 atom stereocenters. The van der Waals surface area contributed by atoms with Gasteiger partial charge in [0.1, 0.15) is 0 Å². The summed E-state index contributed by atoms with van der Waals surface area (Å²) in [5.41, 5.74) is 3.50. The van der Waals surface area contributed by atoms with Gasteiger partial charge in [-0.25, -0.2) is 15.0 Å². The Morgan fingerprint density at radius 3 is 1.46 bits per heavy atom. The van der Waals surface area contributed by atoms with Crippen molar-refractivity contribution in [2.24, 2.45) is 0 Å². The number of rotatable bonds is 4. The minimum Gasteiger partial charge on any atom is -0.247 e. The quantitative estimate of drug-likeness (QED) is 0.133. The van der Waals surface area contributed by atoms with Crippen LogP contribution in [-0.4, -0.2) is 15.0 Å². The highest BCUT2D eigenvalue weighted by molar-refractivity contribution is 6.21. The fourth-order valence-electron chi connectivity index (χ4n) is 6.52. The lowest BCUT2D eigenvalue weighted by Crippen LogP contribution is -2.11. The third-order valence-electron chi connectivity index (χ3n) is 9.15. The summed E-state index contributed by atoms with van der Waals surface area (Å²) in [6, 6.07) is 37.1. The molecule has 0 bridgehead atoms. The van der Waals surface area contributed by atoms with Gasteiger partial charge >= 0.3 is 12.4 Å². The summed E-state index contributed by atoms with van der Waals surface area (Å²) in [7, 11) is 0. The molecule has 6 aromatic carbocycles. The molecule has 8 rings (SSSR count). The van der Waals surface area contributed by atoms with Crippen molar-refractivity contribution in [3.05, 3.63) is 150 Å². The molecule has 54 heavy (non-hydrogen) atoms. The number of halogens is 6. The summed E-state index contributed by atoms with van der Waals surface area (Å²) in [5.74, 6) is 0. The van der Waals surface area contributed by atoms with Crippen molar-refractivity contribution in [1.82, 2.24) is 15.0 Å². The lowest BCUT2D eigenvalue weighted by Gasteiger charge is -2.16. The Labute approximate surface area is 303 Å². The largest absolute Gasteiger partial charge is 0.416 e. The summed E-state index contributed by atoms with van der Waals surface area (Å²) in [6.45, 7) is 0. The second kappa shape index (κ2) is 12.8. The highest BCUT2D eigenvalue weighted by Crippen LogP contribution is 2.41. The van der Waals surface area contributed by atoms with Gasteiger partial charge in [-0.2, -0.15) is 36.9 Å². The van der Waals surface area contributed by atoms with E-state index in [-0.39, 0.29) is 17.2 Å². The first-order valence-corrected chi connectivity index (χ1v) is 16.4. The SMILES string of the molecule is N#Cc1ccc(-c2nc3ccc4c(-c5ccc(-c6cc(C(F)(F)F)cc(C(F)(F)F)c6)cc5)nc5ccccc5c4c3nc2-c2ccc(C#N)cc2)cc1. The van der Waals surface area contributed by atoms with Crippen molar-refractivity contribution >= 4 is 32.7 Å². The first-order valence-electron chi connectivity index (χ1n) is 16.4. The smallest absolute Gasteiger partial charge is 0.247 e. The monoisotopic (exact) mass is 721 g/mol. The van der Waals surface area contributed by atoms with Gasteiger partial charge in [-0.3, -0.25) is 0 Å². The first kappa shape index (κ1) is 34.0. The number of nitriles is 2. The van der Waals surface area contributed by atoms with Crippen LogP contribution in [0.15, 0.2) is 127 Å². The Hall–Kier alpha value is -7.11. The van der Waals surface area contributed by atoms with Crippen LogP contribution in [0.3, 0.4) is 0 Å². The summed E-state index contributed by atoms with van der Waals surface area (Å²) in [6.07, 6.45) is -9.95. The van der Waals surface area contributed by atoms with Crippen molar-refractivity contribution in [3.63, 3.8) is 0 Å². The normalized spacial score (nSPS) is 11.9. The van der Waals surface area contributed by atoms with E-state index in [2.05, 4.69) is 12.1 Å². The molecule has 0 amide bonds. The molecule has 0 aliphatic heterocycles. The second-order valence-electron chi connectivity index (χ2n) is 12.5. The number of pyridine rings is 1. The maximum atomic E-state index is 13.6. The van der Waals surface area contributed by atoms with Gasteiger partial charge in [-0.05, 0) is 71.8 Å². The molecular formula is C43H21F6N5. The van der Waals surface area contributed by atoms with Crippen LogP contribution >= 0.6 is 0 Å². The van der Waals surface area contributed by atoms with E-state index in [1.54, 1.807) is 60.7 Å². The molecular weight excluding hydrogens is 700 g/mol. The van der Waals surface area contributed by atoms with E-state index in [1.165, 1.54) is 12.1 Å². The van der Waals surface area contributed by atoms with Crippen LogP contribution in [0.25, 0.3) is 77.6 Å². The zero-order chi connectivity index (χ0) is 37.8. The Kier molecular flexibility index (Phi) is 8.08. The van der Waals surface area contributed by atoms with Crippen LogP contribution < -0.4 is 0 Å². The molecule has 2 heterocycles. The van der Waals surface area contributed by atoms with Crippen LogP contribution in [0.5, 0.6) is 0 Å². The molecule has 0 radical (unpaired) electrons. The standard InChI is InChI=1S/C43H21F6N5/c44-42(45,46)31-19-30(20-32(21-31)43(47,48)49)26-13-15-27(16-14-26)38-34-17-18-36-41(37(34)33-3-1-2-4-35(33)52-38)54-40(29-11-7-25(23-51)8-12-29)39(53-36)28-9-5-24(22-50)6-10-28/h1-21H. The molecule has 0 aliphatic rings. The minimum absolute atomic E-state index is 0.107. The van der Waals surface area contributed by atoms with Crippen molar-refractivity contribution in [3.8, 4) is 57.0 Å². The van der Waals surface area contributed by atoms with E-state index >= 15 is 0 Å². The van der Waals surface area contributed by atoms with Gasteiger partial charge in [-0.15, -0.1) is 0 Å². The van der Waals surface area contributed by atoms with Gasteiger partial charge in [0.15, 0.2) is 0 Å². The van der Waals surface area contributed by atoms with Crippen LogP contribution in [0, 0.1) is 22.7 Å². The zero-order valence-corrected chi connectivity index (χ0v) is 27.6. The molecule has 260 valence electrons. The maximum absolute atomic E-state index is 13.6. The molecule has 0 spiro atoms. The van der Waals surface area contributed by atoms with Crippen LogP contribution in [0.1, 0.15) is 22.3 Å². The van der Waals surface area contributed by atoms with Gasteiger partial charge < -0.3 is 0 Å². The number of fused-ring (bicyclic) bond motifs is 5. The molecule has 0 N–H and O–H groups in total. The maximum Gasteiger partial charge on any atom is 0.416 e. The number of hydrogen-bond acceptors (Lipinski definition) is 5. The molecule has 0 aliphatic carbocycles. The number of para-hydroxylation sites is 1. The zero-order valence-electron chi connectivity index (χ0n) is 27.6. The predicted molar refractivity (Wildman–Crippen MR) is 194 cm³/mol. The first-order chi connectivity index (χ1) is 25.9. The molecule has 0 saturated carbocycles. The Morgan fingerprint density at radius 1 is 0.426 bits per heavy atom. The fourth-order valence-corrected chi connectivity index (χ4v) is 6.52. The topological polar surface area (TPSA) is 86.2 Å². The van der Waals surface area contributed by atoms with E-state index in [0.717, 1.165) is 16.3 Å². The van der Waals surface area contributed by atoms with Gasteiger partial charge in [0.2, 0.25) is 0 Å². The number of alkyl halides is 6. The number of hydrogen-bond donors (Lipinski definition) is 0. The third-order valence-corrected chi connectivity index (χ3v) is 9.15. The van der Waals surface area contributed by atoms with Crippen molar-refractivity contribution in [2.75, 3.05) is 0 Å². The summed E-state index contributed by atoms with van der Waals surface area (Å²) in [5, 5.41) is 21.0. The third kappa shape index (κ3) is 6.12. The van der Waals surface area contributed by atoms with Gasteiger partial charge in [0, 0.05) is 32.8 Å². The van der Waals surface area contributed by atoms with Gasteiger partial charge in [0.25, 0.3) is 0 Å². The average molecular weight is 722 g/mol. The lowest BCUT2D eigenvalue weighted by atomic mass is 9.95. The number of benzene rings is 6. The van der Waals surface area contributed by atoms with Crippen LogP contribution in [0.2, 0.25) is 0 Å². The van der Waals surface area contributed by atoms with Crippen LogP contribution in [-0.2, 0) is 12.4 Å². The fraction of sp³-hybridized carbons (Fsp3) is 0.0465. The second-order valence-corrected chi connectivity index (χ2v) is 12.5. The van der Waals surface area contributed by atoms with Crippen LogP contribution in [0.4, 0.5) is 26.3 Å². The van der Waals surface area contributed by atoms with Gasteiger partial charge in [0.05, 0.1) is 68.0 Å². The van der Waals surface area contributed by atoms with Crippen molar-refractivity contribution < 1.29 is 26.3 Å². The van der Waals surface area contributed by atoms with E-state index in [1.807, 2.05) is 36.4 Å². The minimum atomic E-state index is -4.97. The molecule has 0 fully saturated rings. The van der Waals surface area contributed by atoms with Crippen molar-refractivity contribution in [2.45, 2.75) is 12.4 Å². The Bertz CT molecular complexity index is 2820. The summed E-state index contributed by atoms with van der Waals surface area (Å²) in [4.78, 5) is 15.3.